The van der Waals surface area contributed by atoms with Crippen molar-refractivity contribution in [2.45, 2.75) is 36.5 Å². The largest absolute Gasteiger partial charge is 0.466 e. The highest BCUT2D eigenvalue weighted by Crippen LogP contribution is 2.38. The predicted molar refractivity (Wildman–Crippen MR) is 125 cm³/mol. The second-order valence-electron chi connectivity index (χ2n) is 7.99. The number of benzene rings is 2. The van der Waals surface area contributed by atoms with Crippen molar-refractivity contribution in [1.82, 2.24) is 4.98 Å². The van der Waals surface area contributed by atoms with Crippen molar-refractivity contribution in [2.24, 2.45) is 5.92 Å². The summed E-state index contributed by atoms with van der Waals surface area (Å²) in [5.41, 5.74) is 2.29. The summed E-state index contributed by atoms with van der Waals surface area (Å²) in [5, 5.41) is 1.22. The van der Waals surface area contributed by atoms with Gasteiger partial charge in [0.1, 0.15) is 4.90 Å². The first-order valence-electron chi connectivity index (χ1n) is 10.6. The molecule has 3 aromatic rings. The first-order valence-corrected chi connectivity index (χ1v) is 12.5. The van der Waals surface area contributed by atoms with E-state index in [0.29, 0.717) is 35.9 Å². The van der Waals surface area contributed by atoms with Crippen molar-refractivity contribution in [3.05, 3.63) is 59.2 Å². The number of anilines is 1. The molecule has 168 valence electrons. The molecular formula is C24H25ClN2O4S. The van der Waals surface area contributed by atoms with Crippen LogP contribution in [0, 0.1) is 12.8 Å². The fraction of sp³-hybridized carbons (Fsp3) is 0.333. The molecule has 32 heavy (non-hydrogen) atoms. The Morgan fingerprint density at radius 1 is 1.22 bits per heavy atom. The van der Waals surface area contributed by atoms with E-state index in [1.54, 1.807) is 19.1 Å². The van der Waals surface area contributed by atoms with Gasteiger partial charge in [0.15, 0.2) is 0 Å². The minimum Gasteiger partial charge on any atom is -0.466 e. The molecule has 1 aliphatic rings. The number of hydrogen-bond donors (Lipinski definition) is 0. The van der Waals surface area contributed by atoms with Gasteiger partial charge in [-0.3, -0.25) is 9.78 Å². The van der Waals surface area contributed by atoms with Gasteiger partial charge in [-0.1, -0.05) is 23.2 Å². The Hall–Kier alpha value is -2.64. The van der Waals surface area contributed by atoms with Crippen molar-refractivity contribution in [1.29, 1.82) is 0 Å². The summed E-state index contributed by atoms with van der Waals surface area (Å²) in [7, 11) is -3.87. The van der Waals surface area contributed by atoms with Gasteiger partial charge >= 0.3 is 5.97 Å². The molecule has 1 atom stereocenters. The van der Waals surface area contributed by atoms with Gasteiger partial charge < -0.3 is 9.64 Å². The molecule has 0 saturated carbocycles. The summed E-state index contributed by atoms with van der Waals surface area (Å²) in [4.78, 5) is 19.2. The Kier molecular flexibility index (Phi) is 6.40. The molecule has 6 nitrogen and oxygen atoms in total. The van der Waals surface area contributed by atoms with Gasteiger partial charge in [-0.15, -0.1) is 0 Å². The maximum Gasteiger partial charge on any atom is 0.310 e. The van der Waals surface area contributed by atoms with E-state index in [4.69, 9.17) is 16.3 Å². The molecule has 1 aliphatic heterocycles. The van der Waals surface area contributed by atoms with E-state index in [-0.39, 0.29) is 21.7 Å². The van der Waals surface area contributed by atoms with Gasteiger partial charge in [0.2, 0.25) is 9.84 Å². The van der Waals surface area contributed by atoms with E-state index in [0.717, 1.165) is 23.8 Å². The highest BCUT2D eigenvalue weighted by molar-refractivity contribution is 7.91. The monoisotopic (exact) mass is 472 g/mol. The average molecular weight is 473 g/mol. The zero-order valence-corrected chi connectivity index (χ0v) is 19.6. The van der Waals surface area contributed by atoms with E-state index in [2.05, 4.69) is 4.98 Å². The number of aryl methyl sites for hydroxylation is 1. The first kappa shape index (κ1) is 22.6. The molecule has 0 N–H and O–H groups in total. The molecule has 0 aliphatic carbocycles. The number of aromatic nitrogens is 1. The molecule has 1 aromatic heterocycles. The minimum absolute atomic E-state index is 0.127. The highest BCUT2D eigenvalue weighted by atomic mass is 35.5. The number of sulfone groups is 1. The van der Waals surface area contributed by atoms with Gasteiger partial charge in [-0.2, -0.15) is 0 Å². The van der Waals surface area contributed by atoms with Crippen molar-refractivity contribution >= 4 is 44.0 Å². The molecular weight excluding hydrogens is 448 g/mol. The molecule has 2 heterocycles. The first-order chi connectivity index (χ1) is 15.3. The Labute approximate surface area is 193 Å². The lowest BCUT2D eigenvalue weighted by molar-refractivity contribution is -0.148. The number of piperidine rings is 1. The van der Waals surface area contributed by atoms with Crippen LogP contribution in [0.5, 0.6) is 0 Å². The molecule has 8 heteroatoms. The molecule has 0 amide bonds. The lowest BCUT2D eigenvalue weighted by Crippen LogP contribution is -2.40. The Bertz CT molecular complexity index is 1260. The van der Waals surface area contributed by atoms with Crippen LogP contribution >= 0.6 is 11.6 Å². The fourth-order valence-corrected chi connectivity index (χ4v) is 5.73. The molecule has 2 aromatic carbocycles. The number of halogens is 1. The summed E-state index contributed by atoms with van der Waals surface area (Å²) in [6.07, 6.45) is 2.90. The number of ether oxygens (including phenoxy) is 1. The smallest absolute Gasteiger partial charge is 0.310 e. The molecule has 0 radical (unpaired) electrons. The fourth-order valence-electron chi connectivity index (χ4n) is 4.17. The zero-order valence-electron chi connectivity index (χ0n) is 18.0. The number of rotatable bonds is 5. The number of carbonyl (C=O) groups is 1. The molecule has 1 fully saturated rings. The van der Waals surface area contributed by atoms with Crippen LogP contribution in [-0.4, -0.2) is 39.1 Å². The van der Waals surface area contributed by atoms with Crippen molar-refractivity contribution in [3.8, 4) is 0 Å². The third-order valence-corrected chi connectivity index (χ3v) is 7.75. The van der Waals surface area contributed by atoms with Gasteiger partial charge in [0, 0.05) is 29.7 Å². The molecule has 4 rings (SSSR count). The van der Waals surface area contributed by atoms with Crippen molar-refractivity contribution in [2.75, 3.05) is 24.6 Å². The van der Waals surface area contributed by atoms with Crippen molar-refractivity contribution < 1.29 is 17.9 Å². The van der Waals surface area contributed by atoms with Crippen LogP contribution in [0.1, 0.15) is 25.3 Å². The summed E-state index contributed by atoms with van der Waals surface area (Å²) < 4.78 is 32.5. The van der Waals surface area contributed by atoms with Crippen LogP contribution in [0.25, 0.3) is 10.9 Å². The molecule has 1 saturated heterocycles. The van der Waals surface area contributed by atoms with Gasteiger partial charge in [0.25, 0.3) is 0 Å². The van der Waals surface area contributed by atoms with Crippen LogP contribution in [0.15, 0.2) is 58.5 Å². The van der Waals surface area contributed by atoms with E-state index < -0.39 is 9.84 Å². The molecule has 0 bridgehead atoms. The SMILES string of the molecule is CCOC(=O)[C@H]1CCCN(c2c(S(=O)(=O)c3ccc(Cl)cc3)cnc3ccc(C)cc23)C1. The number of fused-ring (bicyclic) bond motifs is 1. The topological polar surface area (TPSA) is 76.6 Å². The Morgan fingerprint density at radius 2 is 1.97 bits per heavy atom. The van der Waals surface area contributed by atoms with Crippen LogP contribution in [0.3, 0.4) is 0 Å². The van der Waals surface area contributed by atoms with E-state index in [1.807, 2.05) is 30.0 Å². The van der Waals surface area contributed by atoms with E-state index in [9.17, 15) is 13.2 Å². The number of pyridine rings is 1. The average Bonchev–Trinajstić information content (AvgIpc) is 2.78. The van der Waals surface area contributed by atoms with E-state index >= 15 is 0 Å². The number of nitrogens with zero attached hydrogens (tertiary/aromatic N) is 2. The lowest BCUT2D eigenvalue weighted by atomic mass is 9.97. The summed E-state index contributed by atoms with van der Waals surface area (Å²) in [6, 6.07) is 11.9. The van der Waals surface area contributed by atoms with Crippen LogP contribution in [0.2, 0.25) is 5.02 Å². The molecule has 0 spiro atoms. The van der Waals surface area contributed by atoms with Gasteiger partial charge in [0.05, 0.1) is 28.6 Å². The molecule has 0 unspecified atom stereocenters. The maximum atomic E-state index is 13.7. The normalized spacial score (nSPS) is 16.8. The highest BCUT2D eigenvalue weighted by Gasteiger charge is 2.32. The van der Waals surface area contributed by atoms with Crippen LogP contribution in [-0.2, 0) is 19.4 Å². The standard InChI is InChI=1S/C24H25ClN2O4S/c1-3-31-24(28)17-5-4-12-27(15-17)23-20-13-16(2)6-11-21(20)26-14-22(23)32(29,30)19-9-7-18(25)8-10-19/h6-11,13-14,17H,3-5,12,15H2,1-2H3/t17-/m0/s1. The second kappa shape index (κ2) is 9.08. The minimum atomic E-state index is -3.87. The second-order valence-corrected chi connectivity index (χ2v) is 10.3. The predicted octanol–water partition coefficient (Wildman–Crippen LogP) is 4.81. The Balaban J connectivity index is 1.88. The van der Waals surface area contributed by atoms with Crippen LogP contribution in [0.4, 0.5) is 5.69 Å². The third-order valence-electron chi connectivity index (χ3n) is 5.73. The maximum absolute atomic E-state index is 13.7. The number of carbonyl (C=O) groups excluding carboxylic acids is 1. The van der Waals surface area contributed by atoms with E-state index in [1.165, 1.54) is 18.3 Å². The number of esters is 1. The van der Waals surface area contributed by atoms with Crippen LogP contribution < -0.4 is 4.90 Å². The summed E-state index contributed by atoms with van der Waals surface area (Å²) in [5.74, 6) is -0.545. The summed E-state index contributed by atoms with van der Waals surface area (Å²) in [6.45, 7) is 5.11. The Morgan fingerprint density at radius 3 is 2.69 bits per heavy atom. The van der Waals surface area contributed by atoms with Crippen molar-refractivity contribution in [3.63, 3.8) is 0 Å². The quantitative estimate of drug-likeness (QED) is 0.496. The third kappa shape index (κ3) is 4.32. The van der Waals surface area contributed by atoms with Gasteiger partial charge in [-0.25, -0.2) is 8.42 Å². The van der Waals surface area contributed by atoms with Gasteiger partial charge in [-0.05, 0) is 63.1 Å². The zero-order chi connectivity index (χ0) is 22.9. The number of hydrogen-bond acceptors (Lipinski definition) is 6. The lowest BCUT2D eigenvalue weighted by Gasteiger charge is -2.35. The summed E-state index contributed by atoms with van der Waals surface area (Å²) >= 11 is 5.97.